The van der Waals surface area contributed by atoms with E-state index in [0.29, 0.717) is 0 Å². The van der Waals surface area contributed by atoms with Crippen molar-refractivity contribution in [1.29, 1.82) is 0 Å². The van der Waals surface area contributed by atoms with Crippen LogP contribution in [0.5, 0.6) is 0 Å². The Morgan fingerprint density at radius 1 is 1.22 bits per heavy atom. The van der Waals surface area contributed by atoms with Crippen molar-refractivity contribution < 1.29 is 0 Å². The molecule has 0 unspecified atom stereocenters. The molecule has 96 valence electrons. The van der Waals surface area contributed by atoms with Crippen LogP contribution in [0.3, 0.4) is 0 Å². The van der Waals surface area contributed by atoms with Crippen molar-refractivity contribution in [3.05, 3.63) is 37.4 Å². The summed E-state index contributed by atoms with van der Waals surface area (Å²) in [5, 5.41) is 3.28. The summed E-state index contributed by atoms with van der Waals surface area (Å²) in [4.78, 5) is 16.7. The Morgan fingerprint density at radius 2 is 1.89 bits per heavy atom. The molecule has 0 spiro atoms. The van der Waals surface area contributed by atoms with Crippen molar-refractivity contribution in [2.75, 3.05) is 24.5 Å². The Kier molecular flexibility index (Phi) is 4.54. The lowest BCUT2D eigenvalue weighted by Crippen LogP contribution is -2.25. The van der Waals surface area contributed by atoms with E-state index in [2.05, 4.69) is 31.8 Å². The summed E-state index contributed by atoms with van der Waals surface area (Å²) in [6.45, 7) is 6.28. The number of rotatable bonds is 8. The first kappa shape index (κ1) is 12.4. The van der Waals surface area contributed by atoms with Crippen molar-refractivity contribution in [3.8, 4) is 0 Å². The van der Waals surface area contributed by atoms with E-state index in [4.69, 9.17) is 0 Å². The molecule has 0 fully saturated rings. The molecule has 0 aliphatic heterocycles. The van der Waals surface area contributed by atoms with Gasteiger partial charge in [-0.3, -0.25) is 4.90 Å². The maximum absolute atomic E-state index is 4.26. The van der Waals surface area contributed by atoms with E-state index in [0.717, 1.165) is 38.0 Å². The van der Waals surface area contributed by atoms with Gasteiger partial charge < -0.3 is 15.3 Å². The SMILES string of the molecule is C=CCNCCCN(c1ncc[nH]1)c1ncc[nH]1. The maximum atomic E-state index is 4.26. The van der Waals surface area contributed by atoms with Crippen molar-refractivity contribution in [2.45, 2.75) is 6.42 Å². The Bertz CT molecular complexity index is 399. The summed E-state index contributed by atoms with van der Waals surface area (Å²) in [6.07, 6.45) is 9.94. The van der Waals surface area contributed by atoms with Crippen molar-refractivity contribution in [3.63, 3.8) is 0 Å². The lowest BCUT2D eigenvalue weighted by atomic mass is 10.4. The van der Waals surface area contributed by atoms with Crippen molar-refractivity contribution in [2.24, 2.45) is 0 Å². The standard InChI is InChI=1S/C12H18N6/c1-2-4-13-5-3-10-18(11-14-6-7-15-11)12-16-8-9-17-12/h2,6-9,13H,1,3-5,10H2,(H,14,15)(H,16,17). The number of imidazole rings is 2. The first-order valence-corrected chi connectivity index (χ1v) is 5.99. The summed E-state index contributed by atoms with van der Waals surface area (Å²) in [5.74, 6) is 1.60. The number of H-pyrrole nitrogens is 2. The molecule has 0 bridgehead atoms. The molecule has 2 aromatic rings. The van der Waals surface area contributed by atoms with Gasteiger partial charge in [0.15, 0.2) is 0 Å². The zero-order valence-corrected chi connectivity index (χ0v) is 10.3. The molecule has 3 N–H and O–H groups in total. The number of nitrogens with zero attached hydrogens (tertiary/aromatic N) is 3. The number of anilines is 2. The van der Waals surface area contributed by atoms with E-state index in [1.807, 2.05) is 11.0 Å². The highest BCUT2D eigenvalue weighted by Gasteiger charge is 2.12. The van der Waals surface area contributed by atoms with Crippen LogP contribution in [0.1, 0.15) is 6.42 Å². The van der Waals surface area contributed by atoms with Crippen LogP contribution in [0.2, 0.25) is 0 Å². The van der Waals surface area contributed by atoms with Crippen molar-refractivity contribution >= 4 is 11.9 Å². The number of aromatic nitrogens is 4. The smallest absolute Gasteiger partial charge is 0.209 e. The fourth-order valence-electron chi connectivity index (χ4n) is 1.69. The third kappa shape index (κ3) is 3.21. The molecule has 2 heterocycles. The van der Waals surface area contributed by atoms with Crippen LogP contribution in [0.15, 0.2) is 37.4 Å². The van der Waals surface area contributed by atoms with Gasteiger partial charge in [-0.25, -0.2) is 9.97 Å². The van der Waals surface area contributed by atoms with Gasteiger partial charge in [0.05, 0.1) is 0 Å². The van der Waals surface area contributed by atoms with Crippen LogP contribution in [0, 0.1) is 0 Å². The average molecular weight is 246 g/mol. The fraction of sp³-hybridized carbons (Fsp3) is 0.333. The molecule has 0 radical (unpaired) electrons. The highest BCUT2D eigenvalue weighted by Crippen LogP contribution is 2.16. The molecular formula is C12H18N6. The van der Waals surface area contributed by atoms with Gasteiger partial charge in [0.1, 0.15) is 0 Å². The van der Waals surface area contributed by atoms with Gasteiger partial charge in [-0.2, -0.15) is 0 Å². The maximum Gasteiger partial charge on any atom is 0.209 e. The summed E-state index contributed by atoms with van der Waals surface area (Å²) < 4.78 is 0. The molecular weight excluding hydrogens is 228 g/mol. The minimum absolute atomic E-state index is 0.800. The van der Waals surface area contributed by atoms with Crippen molar-refractivity contribution in [1.82, 2.24) is 25.3 Å². The molecule has 0 aromatic carbocycles. The normalized spacial score (nSPS) is 10.4. The topological polar surface area (TPSA) is 72.6 Å². The molecule has 18 heavy (non-hydrogen) atoms. The number of aromatic amines is 2. The van der Waals surface area contributed by atoms with Crippen LogP contribution >= 0.6 is 0 Å². The zero-order chi connectivity index (χ0) is 12.6. The average Bonchev–Trinajstić information content (AvgIpc) is 3.06. The predicted octanol–water partition coefficient (Wildman–Crippen LogP) is 1.44. The van der Waals surface area contributed by atoms with E-state index in [1.165, 1.54) is 0 Å². The van der Waals surface area contributed by atoms with Gasteiger partial charge in [-0.1, -0.05) is 6.08 Å². The molecule has 0 amide bonds. The lowest BCUT2D eigenvalue weighted by Gasteiger charge is -2.18. The summed E-state index contributed by atoms with van der Waals surface area (Å²) in [6, 6.07) is 0. The Hall–Kier alpha value is -2.08. The molecule has 0 aliphatic carbocycles. The van der Waals surface area contributed by atoms with E-state index in [9.17, 15) is 0 Å². The third-order valence-corrected chi connectivity index (χ3v) is 2.50. The summed E-state index contributed by atoms with van der Waals surface area (Å²) in [7, 11) is 0. The van der Waals surface area contributed by atoms with Crippen LogP contribution in [0.25, 0.3) is 0 Å². The van der Waals surface area contributed by atoms with Gasteiger partial charge in [0.25, 0.3) is 0 Å². The van der Waals surface area contributed by atoms with E-state index >= 15 is 0 Å². The summed E-state index contributed by atoms with van der Waals surface area (Å²) >= 11 is 0. The van der Waals surface area contributed by atoms with Gasteiger partial charge in [0, 0.05) is 37.9 Å². The van der Waals surface area contributed by atoms with E-state index in [-0.39, 0.29) is 0 Å². The number of hydrogen-bond acceptors (Lipinski definition) is 4. The second-order valence-electron chi connectivity index (χ2n) is 3.82. The van der Waals surface area contributed by atoms with Gasteiger partial charge >= 0.3 is 0 Å². The Labute approximate surface area is 106 Å². The Balaban J connectivity index is 1.92. The molecule has 0 atom stereocenters. The van der Waals surface area contributed by atoms with Crippen LogP contribution in [-0.4, -0.2) is 39.6 Å². The fourth-order valence-corrected chi connectivity index (χ4v) is 1.69. The molecule has 2 rings (SSSR count). The van der Waals surface area contributed by atoms with E-state index < -0.39 is 0 Å². The third-order valence-electron chi connectivity index (χ3n) is 2.50. The zero-order valence-electron chi connectivity index (χ0n) is 10.3. The van der Waals surface area contributed by atoms with Crippen LogP contribution < -0.4 is 10.2 Å². The highest BCUT2D eigenvalue weighted by atomic mass is 15.3. The quantitative estimate of drug-likeness (QED) is 0.487. The summed E-state index contributed by atoms with van der Waals surface area (Å²) in [5.41, 5.74) is 0. The first-order valence-electron chi connectivity index (χ1n) is 5.99. The molecule has 0 saturated heterocycles. The lowest BCUT2D eigenvalue weighted by molar-refractivity contribution is 0.685. The highest BCUT2D eigenvalue weighted by molar-refractivity contribution is 5.46. The molecule has 0 aliphatic rings. The van der Waals surface area contributed by atoms with Crippen LogP contribution in [0.4, 0.5) is 11.9 Å². The predicted molar refractivity (Wildman–Crippen MR) is 71.9 cm³/mol. The van der Waals surface area contributed by atoms with Gasteiger partial charge in [-0.05, 0) is 13.0 Å². The van der Waals surface area contributed by atoms with Gasteiger partial charge in [0.2, 0.25) is 11.9 Å². The minimum atomic E-state index is 0.800. The minimum Gasteiger partial charge on any atom is -0.331 e. The number of nitrogens with one attached hydrogen (secondary N) is 3. The molecule has 2 aromatic heterocycles. The molecule has 6 heteroatoms. The van der Waals surface area contributed by atoms with Gasteiger partial charge in [-0.15, -0.1) is 6.58 Å². The Morgan fingerprint density at radius 3 is 2.39 bits per heavy atom. The molecule has 0 saturated carbocycles. The monoisotopic (exact) mass is 246 g/mol. The number of hydrogen-bond donors (Lipinski definition) is 3. The second-order valence-corrected chi connectivity index (χ2v) is 3.82. The first-order chi connectivity index (χ1) is 8.92. The largest absolute Gasteiger partial charge is 0.331 e. The second kappa shape index (κ2) is 6.61. The molecule has 6 nitrogen and oxygen atoms in total. The van der Waals surface area contributed by atoms with E-state index in [1.54, 1.807) is 24.8 Å². The van der Waals surface area contributed by atoms with Crippen LogP contribution in [-0.2, 0) is 0 Å².